The van der Waals surface area contributed by atoms with Crippen LogP contribution in [0.2, 0.25) is 0 Å². The van der Waals surface area contributed by atoms with Gasteiger partial charge in [0, 0.05) is 23.5 Å². The van der Waals surface area contributed by atoms with Gasteiger partial charge in [0.25, 0.3) is 0 Å². The summed E-state index contributed by atoms with van der Waals surface area (Å²) in [4.78, 5) is 23.6. The molecule has 1 N–H and O–H groups in total. The standard InChI is InChI=1S/C21H26O4/c1-14(11-18(23)24)13-25-21(5)15(2)19(16-9-7-6-8-10-16)17(22)12-20(21,3)4/h6-11H,12-13H2,1-5H3,(H,23,24)/b14-11-/t21-/m1/s1. The smallest absolute Gasteiger partial charge is 0.328 e. The van der Waals surface area contributed by atoms with Gasteiger partial charge in [-0.05, 0) is 37.5 Å². The molecule has 0 aromatic heterocycles. The molecule has 4 heteroatoms. The normalized spacial score (nSPS) is 23.7. The molecule has 0 radical (unpaired) electrons. The van der Waals surface area contributed by atoms with Crippen LogP contribution >= 0.6 is 0 Å². The first-order valence-electron chi connectivity index (χ1n) is 8.42. The van der Waals surface area contributed by atoms with Crippen LogP contribution in [0.1, 0.15) is 46.6 Å². The third kappa shape index (κ3) is 3.74. The van der Waals surface area contributed by atoms with Crippen LogP contribution in [0.4, 0.5) is 0 Å². The van der Waals surface area contributed by atoms with Crippen LogP contribution < -0.4 is 0 Å². The zero-order valence-corrected chi connectivity index (χ0v) is 15.6. The largest absolute Gasteiger partial charge is 0.478 e. The molecule has 1 aromatic rings. The Kier molecular flexibility index (Phi) is 5.33. The second kappa shape index (κ2) is 6.96. The number of hydrogen-bond donors (Lipinski definition) is 1. The van der Waals surface area contributed by atoms with Gasteiger partial charge in [0.15, 0.2) is 5.78 Å². The van der Waals surface area contributed by atoms with E-state index in [0.717, 1.165) is 17.2 Å². The second-order valence-corrected chi connectivity index (χ2v) is 7.50. The summed E-state index contributed by atoms with van der Waals surface area (Å²) in [6.07, 6.45) is 1.54. The van der Waals surface area contributed by atoms with Gasteiger partial charge >= 0.3 is 5.97 Å². The number of Topliss-reactive ketones (excluding diaryl/α,β-unsaturated/α-hetero) is 1. The van der Waals surface area contributed by atoms with Crippen LogP contribution in [0.5, 0.6) is 0 Å². The van der Waals surface area contributed by atoms with Crippen LogP contribution in [0.25, 0.3) is 5.57 Å². The van der Waals surface area contributed by atoms with E-state index in [2.05, 4.69) is 0 Å². The number of aliphatic carboxylic acids is 1. The quantitative estimate of drug-likeness (QED) is 0.812. The Morgan fingerprint density at radius 1 is 1.24 bits per heavy atom. The first-order valence-corrected chi connectivity index (χ1v) is 8.42. The fourth-order valence-corrected chi connectivity index (χ4v) is 3.41. The van der Waals surface area contributed by atoms with Gasteiger partial charge in [0.05, 0.1) is 12.2 Å². The van der Waals surface area contributed by atoms with E-state index in [9.17, 15) is 9.59 Å². The van der Waals surface area contributed by atoms with Crippen molar-refractivity contribution < 1.29 is 19.4 Å². The van der Waals surface area contributed by atoms with Crippen LogP contribution in [-0.2, 0) is 14.3 Å². The number of ether oxygens (including phenoxy) is 1. The monoisotopic (exact) mass is 342 g/mol. The highest BCUT2D eigenvalue weighted by Crippen LogP contribution is 2.49. The lowest BCUT2D eigenvalue weighted by Gasteiger charge is -2.48. The summed E-state index contributed by atoms with van der Waals surface area (Å²) in [6.45, 7) is 9.91. The molecule has 1 atom stereocenters. The van der Waals surface area contributed by atoms with Crippen molar-refractivity contribution in [1.29, 1.82) is 0 Å². The van der Waals surface area contributed by atoms with Gasteiger partial charge in [-0.2, -0.15) is 0 Å². The number of carbonyl (C=O) groups excluding carboxylic acids is 1. The maximum absolute atomic E-state index is 12.8. The van der Waals surface area contributed by atoms with Gasteiger partial charge in [-0.1, -0.05) is 44.2 Å². The van der Waals surface area contributed by atoms with Crippen LogP contribution in [-0.4, -0.2) is 29.1 Å². The van der Waals surface area contributed by atoms with Crippen molar-refractivity contribution in [3.63, 3.8) is 0 Å². The van der Waals surface area contributed by atoms with Gasteiger partial charge in [-0.3, -0.25) is 4.79 Å². The Morgan fingerprint density at radius 3 is 2.40 bits per heavy atom. The molecule has 0 amide bonds. The molecule has 4 nitrogen and oxygen atoms in total. The van der Waals surface area contributed by atoms with Crippen molar-refractivity contribution in [2.45, 2.75) is 46.6 Å². The molecule has 0 fully saturated rings. The van der Waals surface area contributed by atoms with E-state index in [1.807, 2.05) is 58.0 Å². The van der Waals surface area contributed by atoms with Gasteiger partial charge in [0.1, 0.15) is 0 Å². The van der Waals surface area contributed by atoms with E-state index in [4.69, 9.17) is 9.84 Å². The molecule has 25 heavy (non-hydrogen) atoms. The Balaban J connectivity index is 2.47. The van der Waals surface area contributed by atoms with E-state index in [1.54, 1.807) is 6.92 Å². The fraction of sp³-hybridized carbons (Fsp3) is 0.429. The van der Waals surface area contributed by atoms with Crippen molar-refractivity contribution >= 4 is 17.3 Å². The highest BCUT2D eigenvalue weighted by molar-refractivity contribution is 6.23. The fourth-order valence-electron chi connectivity index (χ4n) is 3.41. The third-order valence-electron chi connectivity index (χ3n) is 5.28. The number of allylic oxidation sites excluding steroid dienone is 1. The maximum Gasteiger partial charge on any atom is 0.328 e. The molecule has 0 unspecified atom stereocenters. The molecular weight excluding hydrogens is 316 g/mol. The van der Waals surface area contributed by atoms with Crippen molar-refractivity contribution in [3.05, 3.63) is 53.1 Å². The lowest BCUT2D eigenvalue weighted by Crippen LogP contribution is -2.50. The van der Waals surface area contributed by atoms with Gasteiger partial charge in [-0.15, -0.1) is 0 Å². The lowest BCUT2D eigenvalue weighted by molar-refractivity contribution is -0.131. The number of benzene rings is 1. The molecule has 2 rings (SSSR count). The summed E-state index contributed by atoms with van der Waals surface area (Å²) in [5.74, 6) is -0.867. The zero-order chi connectivity index (χ0) is 18.8. The van der Waals surface area contributed by atoms with Gasteiger partial charge < -0.3 is 9.84 Å². The lowest BCUT2D eigenvalue weighted by atomic mass is 9.62. The molecular formula is C21H26O4. The van der Waals surface area contributed by atoms with E-state index in [0.29, 0.717) is 17.6 Å². The number of carboxylic acid groups (broad SMARTS) is 1. The van der Waals surface area contributed by atoms with Crippen molar-refractivity contribution in [3.8, 4) is 0 Å². The summed E-state index contributed by atoms with van der Waals surface area (Å²) in [5.41, 5.74) is 2.07. The summed E-state index contributed by atoms with van der Waals surface area (Å²) in [7, 11) is 0. The Labute approximate surface area is 149 Å². The topological polar surface area (TPSA) is 63.6 Å². The van der Waals surface area contributed by atoms with E-state index in [-0.39, 0.29) is 12.4 Å². The van der Waals surface area contributed by atoms with Gasteiger partial charge in [-0.25, -0.2) is 4.79 Å². The molecule has 134 valence electrons. The van der Waals surface area contributed by atoms with Crippen molar-refractivity contribution in [2.24, 2.45) is 5.41 Å². The highest BCUT2D eigenvalue weighted by atomic mass is 16.5. The summed E-state index contributed by atoms with van der Waals surface area (Å²) < 4.78 is 6.22. The predicted octanol–water partition coefficient (Wildman–Crippen LogP) is 4.27. The minimum absolute atomic E-state index is 0.118. The van der Waals surface area contributed by atoms with Crippen LogP contribution in [0.15, 0.2) is 47.6 Å². The molecule has 0 aliphatic heterocycles. The summed E-state index contributed by atoms with van der Waals surface area (Å²) >= 11 is 0. The average Bonchev–Trinajstić information content (AvgIpc) is 2.51. The second-order valence-electron chi connectivity index (χ2n) is 7.50. The maximum atomic E-state index is 12.8. The Morgan fingerprint density at radius 2 is 1.84 bits per heavy atom. The minimum atomic E-state index is -0.985. The molecule has 0 bridgehead atoms. The number of rotatable bonds is 5. The average molecular weight is 342 g/mol. The van der Waals surface area contributed by atoms with E-state index >= 15 is 0 Å². The number of ketones is 1. The minimum Gasteiger partial charge on any atom is -0.478 e. The van der Waals surface area contributed by atoms with Crippen LogP contribution in [0, 0.1) is 5.41 Å². The summed E-state index contributed by atoms with van der Waals surface area (Å²) in [5, 5.41) is 8.88. The Hall–Kier alpha value is -2.20. The highest BCUT2D eigenvalue weighted by Gasteiger charge is 2.50. The molecule has 0 saturated heterocycles. The zero-order valence-electron chi connectivity index (χ0n) is 15.6. The third-order valence-corrected chi connectivity index (χ3v) is 5.28. The molecule has 1 aromatic carbocycles. The number of carbonyl (C=O) groups is 2. The molecule has 1 aliphatic carbocycles. The van der Waals surface area contributed by atoms with Gasteiger partial charge in [0.2, 0.25) is 0 Å². The molecule has 1 aliphatic rings. The SMILES string of the molecule is CC1=C(c2ccccc2)C(=O)CC(C)(C)[C@]1(C)OC/C(C)=C\C(=O)O. The summed E-state index contributed by atoms with van der Waals surface area (Å²) in [6, 6.07) is 9.63. The molecule has 0 spiro atoms. The van der Waals surface area contributed by atoms with Crippen molar-refractivity contribution in [2.75, 3.05) is 6.61 Å². The number of carboxylic acids is 1. The van der Waals surface area contributed by atoms with E-state index < -0.39 is 17.0 Å². The van der Waals surface area contributed by atoms with Crippen molar-refractivity contribution in [1.82, 2.24) is 0 Å². The van der Waals surface area contributed by atoms with E-state index in [1.165, 1.54) is 0 Å². The molecule has 0 heterocycles. The Bertz CT molecular complexity index is 740. The first-order chi connectivity index (χ1) is 11.6. The first kappa shape index (κ1) is 19.1. The number of hydrogen-bond acceptors (Lipinski definition) is 3. The predicted molar refractivity (Wildman–Crippen MR) is 98.2 cm³/mol. The van der Waals surface area contributed by atoms with Crippen LogP contribution in [0.3, 0.4) is 0 Å². The molecule has 0 saturated carbocycles.